The number of hydrogen-bond acceptors (Lipinski definition) is 4. The Morgan fingerprint density at radius 3 is 2.54 bits per heavy atom. The molecule has 0 radical (unpaired) electrons. The van der Waals surface area contributed by atoms with E-state index in [1.807, 2.05) is 0 Å². The lowest BCUT2D eigenvalue weighted by Crippen LogP contribution is -2.50. The Balaban J connectivity index is 1.90. The fraction of sp³-hybridized carbons (Fsp3) is 0.588. The van der Waals surface area contributed by atoms with Gasteiger partial charge >= 0.3 is 6.36 Å². The number of alkyl halides is 3. The molecule has 1 aliphatic heterocycles. The third-order valence-electron chi connectivity index (χ3n) is 4.38. The van der Waals surface area contributed by atoms with Gasteiger partial charge in [-0.1, -0.05) is 19.1 Å². The maximum atomic E-state index is 12.5. The maximum absolute atomic E-state index is 12.5. The monoisotopic (exact) mass is 373 g/mol. The van der Waals surface area contributed by atoms with Crippen molar-refractivity contribution in [3.05, 3.63) is 24.3 Å². The van der Waals surface area contributed by atoms with Crippen LogP contribution in [0, 0.1) is 0 Å². The Morgan fingerprint density at radius 1 is 1.27 bits per heavy atom. The molecule has 1 heterocycles. The molecule has 0 amide bonds. The summed E-state index contributed by atoms with van der Waals surface area (Å²) in [5, 5.41) is 2.68. The van der Waals surface area contributed by atoms with E-state index in [0.717, 1.165) is 32.7 Å². The highest BCUT2D eigenvalue weighted by Crippen LogP contribution is 2.29. The van der Waals surface area contributed by atoms with Gasteiger partial charge in [-0.15, -0.1) is 13.2 Å². The van der Waals surface area contributed by atoms with E-state index < -0.39 is 6.36 Å². The van der Waals surface area contributed by atoms with Gasteiger partial charge in [0, 0.05) is 32.2 Å². The Kier molecular flexibility index (Phi) is 7.10. The van der Waals surface area contributed by atoms with Crippen LogP contribution in [0.2, 0.25) is 0 Å². The van der Waals surface area contributed by atoms with Gasteiger partial charge in [0.2, 0.25) is 0 Å². The fourth-order valence-corrected chi connectivity index (χ4v) is 2.83. The summed E-state index contributed by atoms with van der Waals surface area (Å²) in [6.45, 7) is 9.74. The second-order valence-electron chi connectivity index (χ2n) is 6.21. The number of aliphatic imine (C=N–C) groups is 1. The van der Waals surface area contributed by atoms with Crippen LogP contribution in [0.5, 0.6) is 5.75 Å². The lowest BCUT2D eigenvalue weighted by atomic mass is 10.2. The molecule has 0 bridgehead atoms. The number of halogens is 3. The summed E-state index contributed by atoms with van der Waals surface area (Å²) in [5.41, 5.74) is 5.96. The van der Waals surface area contributed by atoms with Crippen LogP contribution in [0.4, 0.5) is 18.9 Å². The van der Waals surface area contributed by atoms with E-state index in [1.54, 1.807) is 6.07 Å². The summed E-state index contributed by atoms with van der Waals surface area (Å²) < 4.78 is 41.3. The first-order valence-corrected chi connectivity index (χ1v) is 8.66. The molecule has 146 valence electrons. The van der Waals surface area contributed by atoms with Crippen molar-refractivity contribution in [3.8, 4) is 5.75 Å². The van der Waals surface area contributed by atoms with Gasteiger partial charge in [0.25, 0.3) is 0 Å². The molecule has 26 heavy (non-hydrogen) atoms. The van der Waals surface area contributed by atoms with E-state index in [4.69, 9.17) is 5.73 Å². The molecule has 1 aromatic rings. The van der Waals surface area contributed by atoms with Gasteiger partial charge in [-0.25, -0.2) is 0 Å². The SMILES string of the molecule is CCN1CCN(C(C)CN=C(N)Nc2ccccc2OC(F)(F)F)CC1. The van der Waals surface area contributed by atoms with Crippen LogP contribution in [0.1, 0.15) is 13.8 Å². The number of nitrogens with one attached hydrogen (secondary N) is 1. The average Bonchev–Trinajstić information content (AvgIpc) is 2.60. The van der Waals surface area contributed by atoms with Crippen molar-refractivity contribution in [1.82, 2.24) is 9.80 Å². The summed E-state index contributed by atoms with van der Waals surface area (Å²) in [6.07, 6.45) is -4.77. The van der Waals surface area contributed by atoms with Crippen molar-refractivity contribution < 1.29 is 17.9 Å². The predicted octanol–water partition coefficient (Wildman–Crippen LogP) is 2.34. The molecule has 3 N–H and O–H groups in total. The molecule has 1 unspecified atom stereocenters. The van der Waals surface area contributed by atoms with Crippen molar-refractivity contribution >= 4 is 11.6 Å². The van der Waals surface area contributed by atoms with Crippen molar-refractivity contribution in [3.63, 3.8) is 0 Å². The van der Waals surface area contributed by atoms with Gasteiger partial charge in [-0.05, 0) is 25.6 Å². The van der Waals surface area contributed by atoms with Crippen LogP contribution >= 0.6 is 0 Å². The molecule has 0 saturated carbocycles. The Hall–Kier alpha value is -2.00. The maximum Gasteiger partial charge on any atom is 0.573 e. The van der Waals surface area contributed by atoms with E-state index in [2.05, 4.69) is 38.7 Å². The molecule has 1 saturated heterocycles. The van der Waals surface area contributed by atoms with Crippen LogP contribution < -0.4 is 15.8 Å². The number of hydrogen-bond donors (Lipinski definition) is 2. The summed E-state index contributed by atoms with van der Waals surface area (Å²) in [5.74, 6) is -0.288. The Bertz CT molecular complexity index is 600. The van der Waals surface area contributed by atoms with Crippen molar-refractivity contribution in [2.24, 2.45) is 10.7 Å². The van der Waals surface area contributed by atoms with Crippen LogP contribution in [0.3, 0.4) is 0 Å². The summed E-state index contributed by atoms with van der Waals surface area (Å²) in [6, 6.07) is 5.93. The van der Waals surface area contributed by atoms with Gasteiger partial charge in [0.15, 0.2) is 11.7 Å². The number of rotatable bonds is 6. The second-order valence-corrected chi connectivity index (χ2v) is 6.21. The number of likely N-dealkylation sites (N-methyl/N-ethyl adjacent to an activating group) is 1. The molecule has 1 atom stereocenters. The number of ether oxygens (including phenoxy) is 1. The predicted molar refractivity (Wildman–Crippen MR) is 96.4 cm³/mol. The molecule has 9 heteroatoms. The van der Waals surface area contributed by atoms with E-state index in [0.29, 0.717) is 6.54 Å². The number of piperazine rings is 1. The zero-order valence-corrected chi connectivity index (χ0v) is 15.1. The van der Waals surface area contributed by atoms with Gasteiger partial charge in [-0.2, -0.15) is 0 Å². The van der Waals surface area contributed by atoms with E-state index in [-0.39, 0.29) is 23.4 Å². The molecule has 1 fully saturated rings. The molecular formula is C17H26F3N5O. The molecule has 1 aliphatic rings. The molecule has 6 nitrogen and oxygen atoms in total. The topological polar surface area (TPSA) is 66.1 Å². The smallest absolute Gasteiger partial charge is 0.404 e. The largest absolute Gasteiger partial charge is 0.573 e. The van der Waals surface area contributed by atoms with Crippen LogP contribution in [-0.2, 0) is 0 Å². The van der Waals surface area contributed by atoms with E-state index in [9.17, 15) is 13.2 Å². The number of para-hydroxylation sites is 2. The second kappa shape index (κ2) is 9.09. The summed E-state index contributed by atoms with van der Waals surface area (Å²) >= 11 is 0. The standard InChI is InChI=1S/C17H26F3N5O/c1-3-24-8-10-25(11-9-24)13(2)12-22-16(21)23-14-6-4-5-7-15(14)26-17(18,19)20/h4-7,13H,3,8-12H2,1-2H3,(H3,21,22,23). The first-order valence-electron chi connectivity index (χ1n) is 8.66. The molecule has 2 rings (SSSR count). The number of nitrogens with zero attached hydrogens (tertiary/aromatic N) is 3. The van der Waals surface area contributed by atoms with E-state index >= 15 is 0 Å². The summed E-state index contributed by atoms with van der Waals surface area (Å²) in [7, 11) is 0. The molecule has 0 aromatic heterocycles. The van der Waals surface area contributed by atoms with Gasteiger partial charge in [0.1, 0.15) is 0 Å². The molecular weight excluding hydrogens is 347 g/mol. The minimum absolute atomic E-state index is 0.0577. The molecule has 0 spiro atoms. The third kappa shape index (κ3) is 6.38. The Labute approximate surface area is 151 Å². The zero-order chi connectivity index (χ0) is 19.2. The van der Waals surface area contributed by atoms with Gasteiger partial charge in [0.05, 0.1) is 12.2 Å². The number of guanidine groups is 1. The van der Waals surface area contributed by atoms with Crippen molar-refractivity contribution in [2.45, 2.75) is 26.3 Å². The van der Waals surface area contributed by atoms with E-state index in [1.165, 1.54) is 18.2 Å². The van der Waals surface area contributed by atoms with Gasteiger partial charge in [-0.3, -0.25) is 9.89 Å². The number of nitrogens with two attached hydrogens (primary N) is 1. The summed E-state index contributed by atoms with van der Waals surface area (Å²) in [4.78, 5) is 8.99. The Morgan fingerprint density at radius 2 is 1.92 bits per heavy atom. The first-order chi connectivity index (χ1) is 12.3. The lowest BCUT2D eigenvalue weighted by Gasteiger charge is -2.37. The fourth-order valence-electron chi connectivity index (χ4n) is 2.83. The normalized spacial score (nSPS) is 18.6. The number of anilines is 1. The molecule has 1 aromatic carbocycles. The third-order valence-corrected chi connectivity index (χ3v) is 4.38. The highest BCUT2D eigenvalue weighted by molar-refractivity contribution is 5.93. The van der Waals surface area contributed by atoms with Crippen LogP contribution in [0.15, 0.2) is 29.3 Å². The minimum Gasteiger partial charge on any atom is -0.404 e. The molecule has 0 aliphatic carbocycles. The van der Waals surface area contributed by atoms with Crippen LogP contribution in [0.25, 0.3) is 0 Å². The zero-order valence-electron chi connectivity index (χ0n) is 15.1. The van der Waals surface area contributed by atoms with Gasteiger partial charge < -0.3 is 20.7 Å². The average molecular weight is 373 g/mol. The van der Waals surface area contributed by atoms with Crippen molar-refractivity contribution in [2.75, 3.05) is 44.6 Å². The van der Waals surface area contributed by atoms with Crippen LogP contribution in [-0.4, -0.2) is 67.4 Å². The minimum atomic E-state index is -4.77. The number of benzene rings is 1. The lowest BCUT2D eigenvalue weighted by molar-refractivity contribution is -0.274. The highest BCUT2D eigenvalue weighted by atomic mass is 19.4. The quantitative estimate of drug-likeness (QED) is 0.592. The van der Waals surface area contributed by atoms with Crippen molar-refractivity contribution in [1.29, 1.82) is 0 Å². The highest BCUT2D eigenvalue weighted by Gasteiger charge is 2.32. The first kappa shape index (κ1) is 20.3.